The van der Waals surface area contributed by atoms with Crippen LogP contribution in [0, 0.1) is 0 Å². The van der Waals surface area contributed by atoms with Crippen LogP contribution in [-0.2, 0) is 4.79 Å². The molecule has 1 aliphatic heterocycles. The molecule has 3 nitrogen and oxygen atoms in total. The summed E-state index contributed by atoms with van der Waals surface area (Å²) in [6.07, 6.45) is 10.5. The molecule has 0 aliphatic carbocycles. The minimum absolute atomic E-state index is 0.0875. The average molecular weight is 254 g/mol. The van der Waals surface area contributed by atoms with Gasteiger partial charge in [-0.3, -0.25) is 4.79 Å². The van der Waals surface area contributed by atoms with E-state index in [-0.39, 0.29) is 5.54 Å². The van der Waals surface area contributed by atoms with Crippen molar-refractivity contribution in [2.24, 2.45) is 5.73 Å². The van der Waals surface area contributed by atoms with E-state index >= 15 is 0 Å². The van der Waals surface area contributed by atoms with Crippen molar-refractivity contribution in [1.82, 2.24) is 4.90 Å². The average Bonchev–Trinajstić information content (AvgIpc) is 2.33. The Morgan fingerprint density at radius 1 is 1.06 bits per heavy atom. The summed E-state index contributed by atoms with van der Waals surface area (Å²) in [7, 11) is 0. The van der Waals surface area contributed by atoms with Crippen molar-refractivity contribution in [2.45, 2.75) is 77.2 Å². The molecule has 0 atom stereocenters. The van der Waals surface area contributed by atoms with Crippen molar-refractivity contribution in [3.05, 3.63) is 0 Å². The summed E-state index contributed by atoms with van der Waals surface area (Å²) in [6.45, 7) is 5.86. The number of carbonyl (C=O) groups excluding carboxylic acids is 1. The van der Waals surface area contributed by atoms with Crippen molar-refractivity contribution < 1.29 is 4.79 Å². The van der Waals surface area contributed by atoms with Crippen LogP contribution in [0.3, 0.4) is 0 Å². The van der Waals surface area contributed by atoms with Crippen LogP contribution in [0.15, 0.2) is 0 Å². The lowest BCUT2D eigenvalue weighted by atomic mass is 9.88. The van der Waals surface area contributed by atoms with Gasteiger partial charge in [0.15, 0.2) is 0 Å². The van der Waals surface area contributed by atoms with Gasteiger partial charge in [0.05, 0.1) is 5.54 Å². The highest BCUT2D eigenvalue weighted by Crippen LogP contribution is 2.22. The molecular formula is C15H30N2O. The highest BCUT2D eigenvalue weighted by atomic mass is 16.2. The Morgan fingerprint density at radius 2 is 1.61 bits per heavy atom. The van der Waals surface area contributed by atoms with Gasteiger partial charge >= 0.3 is 0 Å². The van der Waals surface area contributed by atoms with E-state index in [0.29, 0.717) is 12.3 Å². The maximum absolute atomic E-state index is 11.8. The Morgan fingerprint density at radius 3 is 2.17 bits per heavy atom. The molecule has 1 heterocycles. The number of rotatable bonds is 9. The molecule has 1 saturated heterocycles. The van der Waals surface area contributed by atoms with E-state index in [9.17, 15) is 4.79 Å². The fourth-order valence-corrected chi connectivity index (χ4v) is 2.51. The summed E-state index contributed by atoms with van der Waals surface area (Å²) >= 11 is 0. The summed E-state index contributed by atoms with van der Waals surface area (Å²) in [5, 5.41) is 0. The minimum atomic E-state index is -0.0875. The number of hydrogen-bond acceptors (Lipinski definition) is 2. The molecule has 2 N–H and O–H groups in total. The Labute approximate surface area is 112 Å². The molecule has 0 spiro atoms. The van der Waals surface area contributed by atoms with Gasteiger partial charge in [-0.05, 0) is 12.8 Å². The number of amides is 1. The number of carbonyl (C=O) groups is 1. The number of nitrogens with zero attached hydrogens (tertiary/aromatic N) is 1. The van der Waals surface area contributed by atoms with Crippen LogP contribution in [0.5, 0.6) is 0 Å². The van der Waals surface area contributed by atoms with Gasteiger partial charge in [0.25, 0.3) is 0 Å². The first-order valence-electron chi connectivity index (χ1n) is 7.68. The van der Waals surface area contributed by atoms with Crippen LogP contribution in [0.4, 0.5) is 0 Å². The zero-order valence-corrected chi connectivity index (χ0v) is 12.2. The highest BCUT2D eigenvalue weighted by molar-refractivity contribution is 5.77. The van der Waals surface area contributed by atoms with Crippen LogP contribution in [0.2, 0.25) is 0 Å². The molecule has 1 rings (SSSR count). The maximum atomic E-state index is 11.8. The van der Waals surface area contributed by atoms with Crippen molar-refractivity contribution in [2.75, 3.05) is 13.1 Å². The monoisotopic (exact) mass is 254 g/mol. The van der Waals surface area contributed by atoms with Crippen molar-refractivity contribution in [3.8, 4) is 0 Å². The van der Waals surface area contributed by atoms with E-state index < -0.39 is 0 Å². The lowest BCUT2D eigenvalue weighted by Gasteiger charge is -2.47. The van der Waals surface area contributed by atoms with Gasteiger partial charge in [0, 0.05) is 19.5 Å². The lowest BCUT2D eigenvalue weighted by Crippen LogP contribution is -2.68. The lowest BCUT2D eigenvalue weighted by molar-refractivity contribution is -0.138. The van der Waals surface area contributed by atoms with E-state index in [0.717, 1.165) is 25.9 Å². The van der Waals surface area contributed by atoms with Gasteiger partial charge in [-0.15, -0.1) is 0 Å². The van der Waals surface area contributed by atoms with Crippen LogP contribution < -0.4 is 5.73 Å². The predicted octanol–water partition coefficient (Wildman–Crippen LogP) is 3.08. The molecule has 0 aromatic heterocycles. The van der Waals surface area contributed by atoms with Gasteiger partial charge < -0.3 is 10.6 Å². The molecule has 0 saturated carbocycles. The Hall–Kier alpha value is -0.570. The van der Waals surface area contributed by atoms with Gasteiger partial charge in [-0.25, -0.2) is 0 Å². The van der Waals surface area contributed by atoms with Crippen LogP contribution >= 0.6 is 0 Å². The summed E-state index contributed by atoms with van der Waals surface area (Å²) < 4.78 is 0. The van der Waals surface area contributed by atoms with Gasteiger partial charge in [0.1, 0.15) is 0 Å². The molecule has 0 bridgehead atoms. The molecule has 0 aromatic rings. The largest absolute Gasteiger partial charge is 0.339 e. The second kappa shape index (κ2) is 7.78. The second-order valence-electron chi connectivity index (χ2n) is 5.84. The van der Waals surface area contributed by atoms with Crippen LogP contribution in [0.25, 0.3) is 0 Å². The molecule has 106 valence electrons. The Bertz CT molecular complexity index is 247. The van der Waals surface area contributed by atoms with Gasteiger partial charge in [-0.2, -0.15) is 0 Å². The zero-order chi connectivity index (χ0) is 13.4. The Balaban J connectivity index is 1.95. The Kier molecular flexibility index (Phi) is 6.69. The molecule has 1 fully saturated rings. The van der Waals surface area contributed by atoms with Crippen LogP contribution in [-0.4, -0.2) is 29.4 Å². The summed E-state index contributed by atoms with van der Waals surface area (Å²) in [5.41, 5.74) is 5.97. The number of nitrogens with two attached hydrogens (primary N) is 1. The number of hydrogen-bond donors (Lipinski definition) is 1. The highest BCUT2D eigenvalue weighted by Gasteiger charge is 2.39. The standard InChI is InChI=1S/C15H30N2O/c1-3-5-6-7-8-9-10-11-14(18)17-12-15(16,4-2)13-17/h3-13,16H2,1-2H3. The molecule has 0 unspecified atom stereocenters. The van der Waals surface area contributed by atoms with Crippen molar-refractivity contribution in [1.29, 1.82) is 0 Å². The second-order valence-corrected chi connectivity index (χ2v) is 5.84. The summed E-state index contributed by atoms with van der Waals surface area (Å²) in [4.78, 5) is 13.8. The topological polar surface area (TPSA) is 46.3 Å². The quantitative estimate of drug-likeness (QED) is 0.643. The minimum Gasteiger partial charge on any atom is -0.339 e. The van der Waals surface area contributed by atoms with E-state index in [1.807, 2.05) is 4.90 Å². The van der Waals surface area contributed by atoms with E-state index in [2.05, 4.69) is 13.8 Å². The first-order chi connectivity index (χ1) is 8.61. The van der Waals surface area contributed by atoms with E-state index in [4.69, 9.17) is 5.73 Å². The number of likely N-dealkylation sites (tertiary alicyclic amines) is 1. The molecule has 1 aliphatic rings. The summed E-state index contributed by atoms with van der Waals surface area (Å²) in [6, 6.07) is 0. The molecule has 18 heavy (non-hydrogen) atoms. The van der Waals surface area contributed by atoms with Crippen molar-refractivity contribution >= 4 is 5.91 Å². The van der Waals surface area contributed by atoms with Gasteiger partial charge in [-0.1, -0.05) is 52.4 Å². The van der Waals surface area contributed by atoms with E-state index in [1.54, 1.807) is 0 Å². The van der Waals surface area contributed by atoms with Gasteiger partial charge in [0.2, 0.25) is 5.91 Å². The molecule has 1 amide bonds. The normalized spacial score (nSPS) is 17.6. The molecule has 3 heteroatoms. The maximum Gasteiger partial charge on any atom is 0.222 e. The first-order valence-corrected chi connectivity index (χ1v) is 7.68. The molecular weight excluding hydrogens is 224 g/mol. The fourth-order valence-electron chi connectivity index (χ4n) is 2.51. The molecule has 0 aromatic carbocycles. The third-order valence-electron chi connectivity index (χ3n) is 4.06. The first kappa shape index (κ1) is 15.5. The van der Waals surface area contributed by atoms with E-state index in [1.165, 1.54) is 38.5 Å². The van der Waals surface area contributed by atoms with Crippen LogP contribution in [0.1, 0.15) is 71.6 Å². The fraction of sp³-hybridized carbons (Fsp3) is 0.933. The SMILES string of the molecule is CCCCCCCCCC(=O)N1CC(N)(CC)C1. The zero-order valence-electron chi connectivity index (χ0n) is 12.2. The summed E-state index contributed by atoms with van der Waals surface area (Å²) in [5.74, 6) is 0.304. The number of unbranched alkanes of at least 4 members (excludes halogenated alkanes) is 6. The molecule has 0 radical (unpaired) electrons. The smallest absolute Gasteiger partial charge is 0.222 e. The predicted molar refractivity (Wildman–Crippen MR) is 76.4 cm³/mol. The third kappa shape index (κ3) is 4.97. The van der Waals surface area contributed by atoms with Crippen molar-refractivity contribution in [3.63, 3.8) is 0 Å². The third-order valence-corrected chi connectivity index (χ3v) is 4.06.